The smallest absolute Gasteiger partial charge is 0.339 e. The number of ether oxygens (including phenoxy) is 3. The van der Waals surface area contributed by atoms with Crippen LogP contribution in [-0.4, -0.2) is 69.5 Å². The SMILES string of the molecule is CCCC1O[C@H]2CC3C4CCC5=CC(=O)C=C[C@]5(C)C4C(O)C[C@]3(C)[C@]2(C(=O)COC(=O)CCc2ccccc2N=Nc2ccc(O)c(C(=O)O)c2)O1. The van der Waals surface area contributed by atoms with E-state index in [1.807, 2.05) is 19.9 Å². The molecule has 9 atom stereocenters. The van der Waals surface area contributed by atoms with Crippen molar-refractivity contribution in [2.24, 2.45) is 38.8 Å². The van der Waals surface area contributed by atoms with Crippen molar-refractivity contribution in [1.82, 2.24) is 0 Å². The summed E-state index contributed by atoms with van der Waals surface area (Å²) in [5.41, 5.74) is -0.469. The number of aromatic hydroxyl groups is 1. The van der Waals surface area contributed by atoms with Gasteiger partial charge in [-0.15, -0.1) is 0 Å². The highest BCUT2D eigenvalue weighted by Crippen LogP contribution is 2.69. The molecule has 0 aromatic heterocycles. The summed E-state index contributed by atoms with van der Waals surface area (Å²) in [5.74, 6) is -2.67. The maximum absolute atomic E-state index is 14.5. The average molecular weight is 727 g/mol. The number of aliphatic hydroxyl groups excluding tert-OH is 1. The molecule has 12 nitrogen and oxygen atoms in total. The third-order valence-electron chi connectivity index (χ3n) is 12.7. The molecule has 0 amide bonds. The number of hydrogen-bond acceptors (Lipinski definition) is 11. The number of carboxylic acid groups (broad SMARTS) is 1. The lowest BCUT2D eigenvalue weighted by molar-refractivity contribution is -0.201. The Bertz CT molecular complexity index is 1920. The van der Waals surface area contributed by atoms with E-state index in [-0.39, 0.29) is 59.2 Å². The lowest BCUT2D eigenvalue weighted by Gasteiger charge is -2.59. The highest BCUT2D eigenvalue weighted by atomic mass is 16.7. The second-order valence-electron chi connectivity index (χ2n) is 15.6. The van der Waals surface area contributed by atoms with Gasteiger partial charge in [-0.1, -0.05) is 57.0 Å². The molecule has 0 radical (unpaired) electrons. The maximum atomic E-state index is 14.5. The lowest BCUT2D eigenvalue weighted by Crippen LogP contribution is -2.63. The minimum Gasteiger partial charge on any atom is -0.507 e. The number of carbonyl (C=O) groups excluding carboxylic acids is 3. The minimum absolute atomic E-state index is 0.00971. The number of carboxylic acids is 1. The predicted molar refractivity (Wildman–Crippen MR) is 191 cm³/mol. The molecule has 5 unspecified atom stereocenters. The highest BCUT2D eigenvalue weighted by Gasteiger charge is 2.75. The van der Waals surface area contributed by atoms with Gasteiger partial charge in [0.15, 0.2) is 24.3 Å². The number of fused-ring (bicyclic) bond motifs is 7. The van der Waals surface area contributed by atoms with Crippen LogP contribution in [0.25, 0.3) is 0 Å². The topological polar surface area (TPSA) is 181 Å². The Morgan fingerprint density at radius 1 is 1.09 bits per heavy atom. The summed E-state index contributed by atoms with van der Waals surface area (Å²) < 4.78 is 18.8. The molecule has 2 aromatic rings. The molecule has 1 aliphatic heterocycles. The molecule has 0 spiro atoms. The van der Waals surface area contributed by atoms with Crippen molar-refractivity contribution in [2.45, 2.75) is 96.2 Å². The Morgan fingerprint density at radius 2 is 1.89 bits per heavy atom. The van der Waals surface area contributed by atoms with E-state index in [2.05, 4.69) is 17.2 Å². The van der Waals surface area contributed by atoms with Crippen LogP contribution in [0.1, 0.15) is 81.6 Å². The van der Waals surface area contributed by atoms with E-state index >= 15 is 0 Å². The molecule has 4 aliphatic carbocycles. The van der Waals surface area contributed by atoms with E-state index in [1.54, 1.807) is 36.4 Å². The molecular formula is C41H46N2O10. The Hall–Kier alpha value is -4.52. The number of allylic oxidation sites excluding steroid dienone is 4. The van der Waals surface area contributed by atoms with Gasteiger partial charge in [0.1, 0.15) is 11.3 Å². The van der Waals surface area contributed by atoms with E-state index in [0.717, 1.165) is 24.8 Å². The van der Waals surface area contributed by atoms with Crippen molar-refractivity contribution in [2.75, 3.05) is 6.61 Å². The van der Waals surface area contributed by atoms with Crippen molar-refractivity contribution in [3.63, 3.8) is 0 Å². The van der Waals surface area contributed by atoms with Crippen LogP contribution in [0.15, 0.2) is 76.5 Å². The molecule has 3 N–H and O–H groups in total. The monoisotopic (exact) mass is 726 g/mol. The second kappa shape index (κ2) is 14.0. The number of aromatic carboxylic acids is 1. The molecular weight excluding hydrogens is 680 g/mol. The first-order valence-electron chi connectivity index (χ1n) is 18.5. The molecule has 5 aliphatic rings. The molecule has 2 aromatic carbocycles. The van der Waals surface area contributed by atoms with E-state index < -0.39 is 53.5 Å². The van der Waals surface area contributed by atoms with Crippen LogP contribution in [0.3, 0.4) is 0 Å². The van der Waals surface area contributed by atoms with Gasteiger partial charge >= 0.3 is 11.9 Å². The Balaban J connectivity index is 1.05. The fourth-order valence-corrected chi connectivity index (χ4v) is 10.3. The van der Waals surface area contributed by atoms with Gasteiger partial charge in [0.2, 0.25) is 5.78 Å². The number of phenols is 1. The Morgan fingerprint density at radius 3 is 2.66 bits per heavy atom. The van der Waals surface area contributed by atoms with Crippen LogP contribution in [0.2, 0.25) is 0 Å². The molecule has 12 heteroatoms. The van der Waals surface area contributed by atoms with Crippen LogP contribution < -0.4 is 0 Å². The molecule has 7 rings (SSSR count). The quantitative estimate of drug-likeness (QED) is 0.166. The number of hydrogen-bond donors (Lipinski definition) is 3. The van der Waals surface area contributed by atoms with Crippen molar-refractivity contribution in [1.29, 1.82) is 0 Å². The first kappa shape index (κ1) is 36.8. The number of aliphatic hydroxyl groups is 1. The predicted octanol–water partition coefficient (Wildman–Crippen LogP) is 6.72. The summed E-state index contributed by atoms with van der Waals surface area (Å²) in [6.07, 6.45) is 7.45. The number of Topliss-reactive ketones (excluding diaryl/α,β-unsaturated/α-hetero) is 1. The Labute approximate surface area is 307 Å². The van der Waals surface area contributed by atoms with E-state index in [9.17, 15) is 34.5 Å². The molecule has 1 heterocycles. The number of aryl methyl sites for hydroxylation is 1. The zero-order chi connectivity index (χ0) is 37.7. The molecule has 1 saturated heterocycles. The zero-order valence-corrected chi connectivity index (χ0v) is 30.2. The third-order valence-corrected chi connectivity index (χ3v) is 12.7. The summed E-state index contributed by atoms with van der Waals surface area (Å²) in [5, 5.41) is 39.4. The van der Waals surface area contributed by atoms with Gasteiger partial charge < -0.3 is 29.5 Å². The van der Waals surface area contributed by atoms with E-state index in [0.29, 0.717) is 30.5 Å². The first-order chi connectivity index (χ1) is 25.3. The van der Waals surface area contributed by atoms with Crippen LogP contribution >= 0.6 is 0 Å². The van der Waals surface area contributed by atoms with Crippen molar-refractivity contribution in [3.05, 3.63) is 77.4 Å². The van der Waals surface area contributed by atoms with Crippen LogP contribution in [-0.2, 0) is 35.0 Å². The zero-order valence-electron chi connectivity index (χ0n) is 30.2. The van der Waals surface area contributed by atoms with Crippen LogP contribution in [0, 0.1) is 28.6 Å². The van der Waals surface area contributed by atoms with Crippen molar-refractivity contribution < 1.29 is 48.7 Å². The number of esters is 1. The van der Waals surface area contributed by atoms with Gasteiger partial charge in [-0.3, -0.25) is 14.4 Å². The Kier molecular flexibility index (Phi) is 9.75. The second-order valence-corrected chi connectivity index (χ2v) is 15.6. The number of benzene rings is 2. The number of rotatable bonds is 11. The van der Waals surface area contributed by atoms with Gasteiger partial charge in [-0.25, -0.2) is 4.79 Å². The molecule has 4 fully saturated rings. The fraction of sp³-hybridized carbons (Fsp3) is 0.512. The number of azo groups is 1. The fourth-order valence-electron chi connectivity index (χ4n) is 10.3. The van der Waals surface area contributed by atoms with Gasteiger partial charge in [0, 0.05) is 23.2 Å². The number of nitrogens with zero attached hydrogens (tertiary/aromatic N) is 2. The minimum atomic E-state index is -1.39. The van der Waals surface area contributed by atoms with Crippen molar-refractivity contribution >= 4 is 34.9 Å². The van der Waals surface area contributed by atoms with E-state index in [4.69, 9.17) is 14.2 Å². The molecule has 0 bridgehead atoms. The maximum Gasteiger partial charge on any atom is 0.339 e. The van der Waals surface area contributed by atoms with Gasteiger partial charge in [-0.05, 0) is 92.3 Å². The summed E-state index contributed by atoms with van der Waals surface area (Å²) >= 11 is 0. The standard InChI is InChI=1S/C41H46N2O10/c1-4-7-36-52-34-20-29-27-13-11-24-18-26(44)16-17-39(24,2)37(27)32(46)21-40(29,3)41(34,53-36)33(47)22-51-35(48)15-10-23-8-5-6-9-30(23)43-42-25-12-14-31(45)28(19-25)38(49)50/h5-6,8-9,12,14,16-19,27,29,32,34,36-37,45-46H,4,7,10-11,13,15,20-22H2,1-3H3,(H,49,50)/t27?,29?,32?,34-,36?,37?,39-,40-,41+/m0/s1. The molecule has 280 valence electrons. The average Bonchev–Trinajstić information content (AvgIpc) is 3.61. The first-order valence-corrected chi connectivity index (χ1v) is 18.5. The highest BCUT2D eigenvalue weighted by molar-refractivity contribution is 6.01. The summed E-state index contributed by atoms with van der Waals surface area (Å²) in [4.78, 5) is 51.3. The van der Waals surface area contributed by atoms with E-state index in [1.165, 1.54) is 18.2 Å². The van der Waals surface area contributed by atoms with Gasteiger partial charge in [-0.2, -0.15) is 10.2 Å². The lowest BCUT2D eigenvalue weighted by atomic mass is 9.46. The summed E-state index contributed by atoms with van der Waals surface area (Å²) in [6.45, 7) is 5.68. The largest absolute Gasteiger partial charge is 0.507 e. The normalized spacial score (nSPS) is 34.2. The molecule has 53 heavy (non-hydrogen) atoms. The van der Waals surface area contributed by atoms with Crippen LogP contribution in [0.4, 0.5) is 11.4 Å². The van der Waals surface area contributed by atoms with Crippen molar-refractivity contribution in [3.8, 4) is 5.75 Å². The third kappa shape index (κ3) is 6.24. The summed E-state index contributed by atoms with van der Waals surface area (Å²) in [6, 6.07) is 10.9. The van der Waals surface area contributed by atoms with Crippen LogP contribution in [0.5, 0.6) is 5.75 Å². The van der Waals surface area contributed by atoms with Gasteiger partial charge in [0.25, 0.3) is 0 Å². The number of ketones is 2. The van der Waals surface area contributed by atoms with Gasteiger partial charge in [0.05, 0.1) is 23.6 Å². The number of carbonyl (C=O) groups is 4. The molecule has 3 saturated carbocycles. The summed E-state index contributed by atoms with van der Waals surface area (Å²) in [7, 11) is 0.